The Hall–Kier alpha value is -1.65. The fourth-order valence-corrected chi connectivity index (χ4v) is 1.22. The minimum Gasteiger partial charge on any atom is -0.479 e. The molecule has 0 bridgehead atoms. The quantitative estimate of drug-likeness (QED) is 0.865. The van der Waals surface area contributed by atoms with Crippen LogP contribution in [0.4, 0.5) is 0 Å². The highest BCUT2D eigenvalue weighted by molar-refractivity contribution is 5.68. The van der Waals surface area contributed by atoms with Gasteiger partial charge in [-0.1, -0.05) is 27.7 Å². The van der Waals surface area contributed by atoms with E-state index in [2.05, 4.69) is 9.97 Å². The molecular weight excluding hydrogens is 220 g/mol. The highest BCUT2D eigenvalue weighted by Crippen LogP contribution is 2.23. The normalized spacial score (nSPS) is 11.3. The third kappa shape index (κ3) is 4.01. The van der Waals surface area contributed by atoms with E-state index < -0.39 is 5.97 Å². The van der Waals surface area contributed by atoms with Crippen molar-refractivity contribution < 1.29 is 14.6 Å². The molecule has 94 valence electrons. The maximum Gasteiger partial charge on any atom is 0.341 e. The van der Waals surface area contributed by atoms with Gasteiger partial charge in [-0.15, -0.1) is 0 Å². The van der Waals surface area contributed by atoms with E-state index >= 15 is 0 Å². The van der Waals surface area contributed by atoms with Crippen LogP contribution in [0.3, 0.4) is 0 Å². The molecule has 0 unspecified atom stereocenters. The molecule has 0 saturated heterocycles. The van der Waals surface area contributed by atoms with Crippen LogP contribution in [-0.4, -0.2) is 27.7 Å². The van der Waals surface area contributed by atoms with Crippen molar-refractivity contribution in [1.82, 2.24) is 9.97 Å². The van der Waals surface area contributed by atoms with Gasteiger partial charge in [-0.25, -0.2) is 9.78 Å². The zero-order valence-electron chi connectivity index (χ0n) is 10.6. The average molecular weight is 238 g/mol. The highest BCUT2D eigenvalue weighted by atomic mass is 16.5. The second-order valence-electron chi connectivity index (χ2n) is 4.79. The van der Waals surface area contributed by atoms with Gasteiger partial charge in [0, 0.05) is 17.9 Å². The van der Waals surface area contributed by atoms with Crippen molar-refractivity contribution >= 4 is 5.97 Å². The Labute approximate surface area is 101 Å². The minimum atomic E-state index is -1.01. The molecule has 0 aliphatic heterocycles. The number of aromatic nitrogens is 2. The number of carbonyl (C=O) groups is 1. The lowest BCUT2D eigenvalue weighted by molar-refractivity contribution is -0.139. The van der Waals surface area contributed by atoms with Crippen LogP contribution in [0.1, 0.15) is 39.2 Å². The maximum absolute atomic E-state index is 10.4. The van der Waals surface area contributed by atoms with Crippen molar-refractivity contribution in [1.29, 1.82) is 0 Å². The van der Waals surface area contributed by atoms with E-state index in [1.54, 1.807) is 6.07 Å². The van der Waals surface area contributed by atoms with E-state index in [0.717, 1.165) is 5.69 Å². The molecule has 0 aliphatic rings. The molecule has 1 aromatic rings. The van der Waals surface area contributed by atoms with E-state index in [4.69, 9.17) is 9.84 Å². The summed E-state index contributed by atoms with van der Waals surface area (Å²) in [5.74, 6) is -0.0269. The number of ether oxygens (including phenoxy) is 1. The zero-order chi connectivity index (χ0) is 13.1. The van der Waals surface area contributed by atoms with Crippen LogP contribution in [0, 0.1) is 0 Å². The molecule has 1 N–H and O–H groups in total. The molecule has 0 radical (unpaired) electrons. The van der Waals surface area contributed by atoms with Gasteiger partial charge in [-0.05, 0) is 0 Å². The molecule has 1 heterocycles. The van der Waals surface area contributed by atoms with E-state index in [9.17, 15) is 4.79 Å². The average Bonchev–Trinajstić information content (AvgIpc) is 2.24. The van der Waals surface area contributed by atoms with Crippen molar-refractivity contribution in [3.63, 3.8) is 0 Å². The van der Waals surface area contributed by atoms with Gasteiger partial charge in [0.1, 0.15) is 5.82 Å². The first-order valence-corrected chi connectivity index (χ1v) is 5.56. The standard InChI is InChI=1S/C12H18N2O3/c1-5-9-13-8(12(2,3)4)6-10(14-9)17-7-11(15)16/h6H,5,7H2,1-4H3,(H,15,16). The van der Waals surface area contributed by atoms with Crippen molar-refractivity contribution in [2.75, 3.05) is 6.61 Å². The highest BCUT2D eigenvalue weighted by Gasteiger charge is 2.18. The van der Waals surface area contributed by atoms with Gasteiger partial charge in [0.05, 0.1) is 5.69 Å². The number of rotatable bonds is 4. The van der Waals surface area contributed by atoms with Gasteiger partial charge in [-0.2, -0.15) is 4.98 Å². The maximum atomic E-state index is 10.4. The Morgan fingerprint density at radius 2 is 2.06 bits per heavy atom. The van der Waals surface area contributed by atoms with Crippen LogP contribution in [0.25, 0.3) is 0 Å². The summed E-state index contributed by atoms with van der Waals surface area (Å²) in [7, 11) is 0. The smallest absolute Gasteiger partial charge is 0.341 e. The molecule has 17 heavy (non-hydrogen) atoms. The molecule has 5 heteroatoms. The summed E-state index contributed by atoms with van der Waals surface area (Å²) >= 11 is 0. The molecule has 1 rings (SSSR count). The fraction of sp³-hybridized carbons (Fsp3) is 0.583. The van der Waals surface area contributed by atoms with Gasteiger partial charge in [-0.3, -0.25) is 0 Å². The van der Waals surface area contributed by atoms with E-state index in [1.165, 1.54) is 0 Å². The summed E-state index contributed by atoms with van der Waals surface area (Å²) in [4.78, 5) is 19.0. The Bertz CT molecular complexity index is 411. The molecule has 5 nitrogen and oxygen atoms in total. The number of carboxylic acids is 1. The van der Waals surface area contributed by atoms with Crippen LogP contribution >= 0.6 is 0 Å². The molecule has 1 aromatic heterocycles. The van der Waals surface area contributed by atoms with Crippen LogP contribution in [0.5, 0.6) is 5.88 Å². The monoisotopic (exact) mass is 238 g/mol. The lowest BCUT2D eigenvalue weighted by Gasteiger charge is -2.19. The van der Waals surface area contributed by atoms with Crippen LogP contribution in [0.2, 0.25) is 0 Å². The number of hydrogen-bond acceptors (Lipinski definition) is 4. The first-order chi connectivity index (χ1) is 7.82. The van der Waals surface area contributed by atoms with E-state index in [1.807, 2.05) is 27.7 Å². The van der Waals surface area contributed by atoms with Gasteiger partial charge in [0.25, 0.3) is 0 Å². The van der Waals surface area contributed by atoms with Crippen molar-refractivity contribution in [2.24, 2.45) is 0 Å². The molecule has 0 aromatic carbocycles. The van der Waals surface area contributed by atoms with Crippen molar-refractivity contribution in [3.05, 3.63) is 17.6 Å². The van der Waals surface area contributed by atoms with Gasteiger partial charge in [0.15, 0.2) is 6.61 Å². The summed E-state index contributed by atoms with van der Waals surface area (Å²) in [6, 6.07) is 1.70. The molecule has 0 aliphatic carbocycles. The topological polar surface area (TPSA) is 72.3 Å². The summed E-state index contributed by atoms with van der Waals surface area (Å²) in [6.07, 6.45) is 0.688. The number of aliphatic carboxylic acids is 1. The first kappa shape index (κ1) is 13.4. The summed E-state index contributed by atoms with van der Waals surface area (Å²) in [5.41, 5.74) is 0.735. The molecule has 0 saturated carbocycles. The molecule has 0 spiro atoms. The summed E-state index contributed by atoms with van der Waals surface area (Å²) < 4.78 is 5.10. The number of aryl methyl sites for hydroxylation is 1. The fourth-order valence-electron chi connectivity index (χ4n) is 1.22. The third-order valence-corrected chi connectivity index (χ3v) is 2.18. The minimum absolute atomic E-state index is 0.117. The second-order valence-corrected chi connectivity index (χ2v) is 4.79. The van der Waals surface area contributed by atoms with Gasteiger partial charge < -0.3 is 9.84 Å². The van der Waals surface area contributed by atoms with Gasteiger partial charge >= 0.3 is 5.97 Å². The Kier molecular flexibility index (Phi) is 4.04. The molecule has 0 amide bonds. The zero-order valence-corrected chi connectivity index (χ0v) is 10.6. The largest absolute Gasteiger partial charge is 0.479 e. The molecule has 0 atom stereocenters. The van der Waals surface area contributed by atoms with E-state index in [-0.39, 0.29) is 12.0 Å². The van der Waals surface area contributed by atoms with Gasteiger partial charge in [0.2, 0.25) is 5.88 Å². The van der Waals surface area contributed by atoms with E-state index in [0.29, 0.717) is 18.1 Å². The number of nitrogens with zero attached hydrogens (tertiary/aromatic N) is 2. The third-order valence-electron chi connectivity index (χ3n) is 2.18. The Morgan fingerprint density at radius 3 is 2.53 bits per heavy atom. The Balaban J connectivity index is 3.01. The second kappa shape index (κ2) is 5.12. The predicted octanol–water partition coefficient (Wildman–Crippen LogP) is 1.80. The molecule has 0 fully saturated rings. The van der Waals surface area contributed by atoms with Crippen molar-refractivity contribution in [2.45, 2.75) is 39.5 Å². The summed E-state index contributed by atoms with van der Waals surface area (Å²) in [5, 5.41) is 8.56. The SMILES string of the molecule is CCc1nc(OCC(=O)O)cc(C(C)(C)C)n1. The summed E-state index contributed by atoms with van der Waals surface area (Å²) in [6.45, 7) is 7.67. The van der Waals surface area contributed by atoms with Crippen molar-refractivity contribution in [3.8, 4) is 5.88 Å². The molecular formula is C12H18N2O3. The predicted molar refractivity (Wildman–Crippen MR) is 63.2 cm³/mol. The number of hydrogen-bond donors (Lipinski definition) is 1. The van der Waals surface area contributed by atoms with Crippen LogP contribution in [0.15, 0.2) is 6.07 Å². The first-order valence-electron chi connectivity index (χ1n) is 5.56. The lowest BCUT2D eigenvalue weighted by atomic mass is 9.92. The Morgan fingerprint density at radius 1 is 1.41 bits per heavy atom. The van der Waals surface area contributed by atoms with Crippen LogP contribution < -0.4 is 4.74 Å². The lowest BCUT2D eigenvalue weighted by Crippen LogP contribution is -2.17. The van der Waals surface area contributed by atoms with Crippen LogP contribution in [-0.2, 0) is 16.6 Å². The number of carboxylic acid groups (broad SMARTS) is 1.